The Labute approximate surface area is 142 Å². The molecule has 5 nitrogen and oxygen atoms in total. The summed E-state index contributed by atoms with van der Waals surface area (Å²) in [6, 6.07) is 1.23. The van der Waals surface area contributed by atoms with Gasteiger partial charge < -0.3 is 20.4 Å². The molecule has 0 aromatic carbocycles. The maximum Gasteiger partial charge on any atom is 0.191 e. The fraction of sp³-hybridized carbons (Fsp3) is 0.944. The van der Waals surface area contributed by atoms with Crippen molar-refractivity contribution in [2.24, 2.45) is 10.9 Å². The normalized spacial score (nSPS) is 23.4. The first-order valence-corrected chi connectivity index (χ1v) is 9.52. The topological polar surface area (TPSA) is 42.9 Å². The van der Waals surface area contributed by atoms with Crippen LogP contribution in [-0.2, 0) is 0 Å². The summed E-state index contributed by atoms with van der Waals surface area (Å²) in [5.74, 6) is 1.88. The number of hydrogen-bond acceptors (Lipinski definition) is 3. The van der Waals surface area contributed by atoms with E-state index in [2.05, 4.69) is 46.2 Å². The molecule has 0 amide bonds. The number of hydrogen-bond donors (Lipinski definition) is 2. The second kappa shape index (κ2) is 9.48. The van der Waals surface area contributed by atoms with Crippen molar-refractivity contribution in [1.82, 2.24) is 20.4 Å². The van der Waals surface area contributed by atoms with Gasteiger partial charge in [0.25, 0.3) is 0 Å². The Hall–Kier alpha value is -0.810. The van der Waals surface area contributed by atoms with E-state index in [0.29, 0.717) is 12.1 Å². The third-order valence-corrected chi connectivity index (χ3v) is 5.42. The Morgan fingerprint density at radius 3 is 2.30 bits per heavy atom. The smallest absolute Gasteiger partial charge is 0.191 e. The summed E-state index contributed by atoms with van der Waals surface area (Å²) in [4.78, 5) is 9.53. The number of piperidine rings is 2. The van der Waals surface area contributed by atoms with E-state index in [1.165, 1.54) is 51.9 Å². The van der Waals surface area contributed by atoms with Crippen LogP contribution in [0.1, 0.15) is 46.5 Å². The standard InChI is InChI=1S/C18H37N5/c1-15(2)23-12-7-17(8-13-23)21-18(19-4)20-9-14-22-10-5-16(3)6-11-22/h15-17H,5-14H2,1-4H3,(H2,19,20,21). The third kappa shape index (κ3) is 6.30. The van der Waals surface area contributed by atoms with Gasteiger partial charge >= 0.3 is 0 Å². The molecule has 0 unspecified atom stereocenters. The number of nitrogens with zero attached hydrogens (tertiary/aromatic N) is 3. The minimum absolute atomic E-state index is 0.562. The van der Waals surface area contributed by atoms with E-state index in [4.69, 9.17) is 0 Å². The fourth-order valence-corrected chi connectivity index (χ4v) is 3.57. The van der Waals surface area contributed by atoms with Crippen LogP contribution in [0.25, 0.3) is 0 Å². The molecule has 0 aliphatic carbocycles. The van der Waals surface area contributed by atoms with Gasteiger partial charge in [-0.1, -0.05) is 6.92 Å². The Morgan fingerprint density at radius 2 is 1.74 bits per heavy atom. The van der Waals surface area contributed by atoms with Crippen molar-refractivity contribution in [2.45, 2.75) is 58.5 Å². The first-order valence-electron chi connectivity index (χ1n) is 9.52. The molecule has 0 aromatic rings. The Balaban J connectivity index is 1.62. The average molecular weight is 324 g/mol. The van der Waals surface area contributed by atoms with E-state index in [1.807, 2.05) is 7.05 Å². The summed E-state index contributed by atoms with van der Waals surface area (Å²) in [6.45, 7) is 13.9. The molecule has 2 aliphatic heterocycles. The van der Waals surface area contributed by atoms with Crippen LogP contribution in [-0.4, -0.2) is 74.2 Å². The summed E-state index contributed by atoms with van der Waals surface area (Å²) < 4.78 is 0. The monoisotopic (exact) mass is 323 g/mol. The van der Waals surface area contributed by atoms with Gasteiger partial charge in [0, 0.05) is 45.3 Å². The molecule has 2 saturated heterocycles. The fourth-order valence-electron chi connectivity index (χ4n) is 3.57. The summed E-state index contributed by atoms with van der Waals surface area (Å²) in [6.07, 6.45) is 5.12. The first-order chi connectivity index (χ1) is 11.1. The van der Waals surface area contributed by atoms with E-state index in [1.54, 1.807) is 0 Å². The third-order valence-electron chi connectivity index (χ3n) is 5.42. The minimum atomic E-state index is 0.562. The summed E-state index contributed by atoms with van der Waals surface area (Å²) in [7, 11) is 1.88. The zero-order chi connectivity index (χ0) is 16.7. The molecule has 2 fully saturated rings. The lowest BCUT2D eigenvalue weighted by Gasteiger charge is -2.35. The predicted octanol–water partition coefficient (Wildman–Crippen LogP) is 1.76. The van der Waals surface area contributed by atoms with Crippen molar-refractivity contribution in [3.05, 3.63) is 0 Å². The van der Waals surface area contributed by atoms with Crippen molar-refractivity contribution in [3.63, 3.8) is 0 Å². The van der Waals surface area contributed by atoms with Gasteiger partial charge in [-0.15, -0.1) is 0 Å². The Bertz CT molecular complexity index is 352. The first kappa shape index (κ1) is 18.5. The van der Waals surface area contributed by atoms with Gasteiger partial charge in [-0.25, -0.2) is 0 Å². The zero-order valence-corrected chi connectivity index (χ0v) is 15.6. The molecule has 134 valence electrons. The molecule has 0 bridgehead atoms. The van der Waals surface area contributed by atoms with Crippen LogP contribution < -0.4 is 10.6 Å². The van der Waals surface area contributed by atoms with Gasteiger partial charge in [-0.3, -0.25) is 4.99 Å². The van der Waals surface area contributed by atoms with E-state index < -0.39 is 0 Å². The Kier molecular flexibility index (Phi) is 7.63. The van der Waals surface area contributed by atoms with Gasteiger partial charge in [-0.2, -0.15) is 0 Å². The lowest BCUT2D eigenvalue weighted by atomic mass is 9.99. The van der Waals surface area contributed by atoms with Crippen LogP contribution in [0.3, 0.4) is 0 Å². The number of nitrogens with one attached hydrogen (secondary N) is 2. The molecule has 2 aliphatic rings. The number of guanidine groups is 1. The molecule has 2 heterocycles. The minimum Gasteiger partial charge on any atom is -0.355 e. The molecule has 0 aromatic heterocycles. The van der Waals surface area contributed by atoms with Crippen LogP contribution in [0.4, 0.5) is 0 Å². The molecule has 2 rings (SSSR count). The lowest BCUT2D eigenvalue weighted by molar-refractivity contribution is 0.167. The highest BCUT2D eigenvalue weighted by Crippen LogP contribution is 2.15. The van der Waals surface area contributed by atoms with Gasteiger partial charge in [0.2, 0.25) is 0 Å². The van der Waals surface area contributed by atoms with Crippen LogP contribution in [0, 0.1) is 5.92 Å². The van der Waals surface area contributed by atoms with E-state index >= 15 is 0 Å². The second-order valence-electron chi connectivity index (χ2n) is 7.57. The average Bonchev–Trinajstić information content (AvgIpc) is 2.56. The number of rotatable bonds is 5. The van der Waals surface area contributed by atoms with E-state index in [9.17, 15) is 0 Å². The van der Waals surface area contributed by atoms with Crippen LogP contribution in [0.2, 0.25) is 0 Å². The second-order valence-corrected chi connectivity index (χ2v) is 7.57. The highest BCUT2D eigenvalue weighted by atomic mass is 15.2. The molecule has 5 heteroatoms. The maximum absolute atomic E-state index is 4.39. The predicted molar refractivity (Wildman–Crippen MR) is 99.1 cm³/mol. The number of aliphatic imine (C=N–C) groups is 1. The van der Waals surface area contributed by atoms with Gasteiger partial charge in [-0.05, 0) is 58.5 Å². The van der Waals surface area contributed by atoms with Gasteiger partial charge in [0.1, 0.15) is 0 Å². The zero-order valence-electron chi connectivity index (χ0n) is 15.6. The summed E-state index contributed by atoms with van der Waals surface area (Å²) in [5, 5.41) is 7.10. The van der Waals surface area contributed by atoms with E-state index in [-0.39, 0.29) is 0 Å². The van der Waals surface area contributed by atoms with Crippen LogP contribution in [0.5, 0.6) is 0 Å². The van der Waals surface area contributed by atoms with Crippen molar-refractivity contribution in [2.75, 3.05) is 46.3 Å². The molecule has 0 radical (unpaired) electrons. The lowest BCUT2D eigenvalue weighted by Crippen LogP contribution is -2.50. The highest BCUT2D eigenvalue weighted by molar-refractivity contribution is 5.79. The molecule has 0 spiro atoms. The van der Waals surface area contributed by atoms with Crippen molar-refractivity contribution >= 4 is 5.96 Å². The number of likely N-dealkylation sites (tertiary alicyclic amines) is 2. The van der Waals surface area contributed by atoms with Crippen molar-refractivity contribution in [3.8, 4) is 0 Å². The largest absolute Gasteiger partial charge is 0.355 e. The summed E-state index contributed by atoms with van der Waals surface area (Å²) >= 11 is 0. The SMILES string of the molecule is CN=C(NCCN1CCC(C)CC1)NC1CCN(C(C)C)CC1. The quantitative estimate of drug-likeness (QED) is 0.598. The van der Waals surface area contributed by atoms with E-state index in [0.717, 1.165) is 25.0 Å². The van der Waals surface area contributed by atoms with Crippen LogP contribution in [0.15, 0.2) is 4.99 Å². The molecular weight excluding hydrogens is 286 g/mol. The van der Waals surface area contributed by atoms with Gasteiger partial charge in [0.15, 0.2) is 5.96 Å². The highest BCUT2D eigenvalue weighted by Gasteiger charge is 2.21. The maximum atomic E-state index is 4.39. The van der Waals surface area contributed by atoms with Gasteiger partial charge in [0.05, 0.1) is 0 Å². The Morgan fingerprint density at radius 1 is 1.09 bits per heavy atom. The van der Waals surface area contributed by atoms with Crippen molar-refractivity contribution < 1.29 is 0 Å². The summed E-state index contributed by atoms with van der Waals surface area (Å²) in [5.41, 5.74) is 0. The molecule has 0 saturated carbocycles. The molecular formula is C18H37N5. The molecule has 2 N–H and O–H groups in total. The molecule has 23 heavy (non-hydrogen) atoms. The van der Waals surface area contributed by atoms with Crippen LogP contribution >= 0.6 is 0 Å². The van der Waals surface area contributed by atoms with Crippen molar-refractivity contribution in [1.29, 1.82) is 0 Å². The molecule has 0 atom stereocenters.